The summed E-state index contributed by atoms with van der Waals surface area (Å²) in [6, 6.07) is 5.90. The quantitative estimate of drug-likeness (QED) is 0.784. The van der Waals surface area contributed by atoms with Crippen molar-refractivity contribution in [1.29, 1.82) is 0 Å². The van der Waals surface area contributed by atoms with Crippen molar-refractivity contribution in [2.24, 2.45) is 0 Å². The Balaban J connectivity index is 1.82. The molecule has 8 heteroatoms. The third-order valence-corrected chi connectivity index (χ3v) is 9.38. The lowest BCUT2D eigenvalue weighted by molar-refractivity contribution is 0.340. The van der Waals surface area contributed by atoms with Crippen molar-refractivity contribution < 1.29 is 21.6 Å². The molecule has 1 aromatic rings. The van der Waals surface area contributed by atoms with Crippen LogP contribution in [0.1, 0.15) is 39.0 Å². The zero-order valence-corrected chi connectivity index (χ0v) is 16.7. The predicted molar refractivity (Wildman–Crippen MR) is 101 cm³/mol. The third kappa shape index (κ3) is 4.40. The molecular formula is C18H27NO5S2. The molecule has 1 heterocycles. The first-order chi connectivity index (χ1) is 12.3. The monoisotopic (exact) mass is 401 g/mol. The molecule has 0 bridgehead atoms. The summed E-state index contributed by atoms with van der Waals surface area (Å²) in [6.45, 7) is 2.36. The maximum Gasteiger partial charge on any atom is 0.183 e. The van der Waals surface area contributed by atoms with Gasteiger partial charge in [0.05, 0.1) is 28.3 Å². The van der Waals surface area contributed by atoms with Crippen molar-refractivity contribution >= 4 is 19.7 Å². The van der Waals surface area contributed by atoms with E-state index in [4.69, 9.17) is 4.74 Å². The Morgan fingerprint density at radius 2 is 1.73 bits per heavy atom. The fourth-order valence-corrected chi connectivity index (χ4v) is 8.59. The molecular weight excluding hydrogens is 374 g/mol. The van der Waals surface area contributed by atoms with E-state index in [1.807, 2.05) is 6.92 Å². The molecule has 1 aliphatic heterocycles. The fourth-order valence-electron chi connectivity index (χ4n) is 3.92. The summed E-state index contributed by atoms with van der Waals surface area (Å²) in [5, 5.41) is 2.41. The Labute approximate surface area is 156 Å². The molecule has 1 N–H and O–H groups in total. The van der Waals surface area contributed by atoms with E-state index in [2.05, 4.69) is 5.32 Å². The average molecular weight is 402 g/mol. The fraction of sp³-hybridized carbons (Fsp3) is 0.667. The minimum absolute atomic E-state index is 0.107. The number of hydrogen-bond acceptors (Lipinski definition) is 6. The summed E-state index contributed by atoms with van der Waals surface area (Å²) in [6.07, 6.45) is 5.36. The lowest BCUT2D eigenvalue weighted by Gasteiger charge is -2.28. The number of benzene rings is 1. The van der Waals surface area contributed by atoms with Crippen LogP contribution in [0.25, 0.3) is 0 Å². The van der Waals surface area contributed by atoms with E-state index in [-0.39, 0.29) is 22.4 Å². The summed E-state index contributed by atoms with van der Waals surface area (Å²) < 4.78 is 55.9. The molecule has 0 radical (unpaired) electrons. The highest BCUT2D eigenvalue weighted by Gasteiger charge is 2.46. The summed E-state index contributed by atoms with van der Waals surface area (Å²) in [7, 11) is -7.11. The molecule has 2 fully saturated rings. The van der Waals surface area contributed by atoms with E-state index in [0.29, 0.717) is 12.4 Å². The maximum absolute atomic E-state index is 13.1. The largest absolute Gasteiger partial charge is 0.494 e. The number of rotatable bonds is 6. The SMILES string of the molecule is CCOc1ccc(S(=O)(=O)[C@H]2CS(=O)(=O)C[C@@H]2NC2CCCCC2)cc1. The molecule has 1 aromatic carbocycles. The van der Waals surface area contributed by atoms with Crippen LogP contribution >= 0.6 is 0 Å². The molecule has 0 aromatic heterocycles. The molecule has 6 nitrogen and oxygen atoms in total. The number of ether oxygens (including phenoxy) is 1. The van der Waals surface area contributed by atoms with Crippen LogP contribution in [0.5, 0.6) is 5.75 Å². The van der Waals surface area contributed by atoms with Crippen LogP contribution in [-0.4, -0.2) is 52.3 Å². The van der Waals surface area contributed by atoms with Gasteiger partial charge in [-0.1, -0.05) is 19.3 Å². The van der Waals surface area contributed by atoms with Crippen molar-refractivity contribution in [2.45, 2.75) is 61.3 Å². The third-order valence-electron chi connectivity index (χ3n) is 5.22. The lowest BCUT2D eigenvalue weighted by atomic mass is 9.95. The summed E-state index contributed by atoms with van der Waals surface area (Å²) in [4.78, 5) is 0.151. The molecule has 0 amide bonds. The van der Waals surface area contributed by atoms with Crippen molar-refractivity contribution in [3.05, 3.63) is 24.3 Å². The summed E-state index contributed by atoms with van der Waals surface area (Å²) in [5.74, 6) is 0.180. The minimum Gasteiger partial charge on any atom is -0.494 e. The van der Waals surface area contributed by atoms with E-state index < -0.39 is 31.0 Å². The Hall–Kier alpha value is -1.12. The summed E-state index contributed by atoms with van der Waals surface area (Å²) in [5.41, 5.74) is 0. The minimum atomic E-state index is -3.74. The molecule has 2 atom stereocenters. The Kier molecular flexibility index (Phi) is 5.94. The first-order valence-corrected chi connectivity index (χ1v) is 12.6. The van der Waals surface area contributed by atoms with E-state index in [9.17, 15) is 16.8 Å². The Bertz CT molecular complexity index is 812. The van der Waals surface area contributed by atoms with Gasteiger partial charge in [0.2, 0.25) is 0 Å². The van der Waals surface area contributed by atoms with Gasteiger partial charge in [-0.25, -0.2) is 16.8 Å². The standard InChI is InChI=1S/C18H27NO5S2/c1-2-24-15-8-10-16(11-9-15)26(22,23)18-13-25(20,21)12-17(18)19-14-6-4-3-5-7-14/h8-11,14,17-19H,2-7,12-13H2,1H3/t17-,18-/m0/s1. The van der Waals surface area contributed by atoms with Gasteiger partial charge in [0.15, 0.2) is 19.7 Å². The van der Waals surface area contributed by atoms with Crippen molar-refractivity contribution in [1.82, 2.24) is 5.32 Å². The highest BCUT2D eigenvalue weighted by Crippen LogP contribution is 2.29. The molecule has 1 saturated carbocycles. The van der Waals surface area contributed by atoms with Crippen LogP contribution < -0.4 is 10.1 Å². The zero-order valence-electron chi connectivity index (χ0n) is 15.1. The second-order valence-corrected chi connectivity index (χ2v) is 11.5. The highest BCUT2D eigenvalue weighted by molar-refractivity contribution is 7.96. The van der Waals surface area contributed by atoms with E-state index in [0.717, 1.165) is 25.7 Å². The van der Waals surface area contributed by atoms with Crippen molar-refractivity contribution in [3.8, 4) is 5.75 Å². The number of hydrogen-bond donors (Lipinski definition) is 1. The van der Waals surface area contributed by atoms with Gasteiger partial charge in [-0.15, -0.1) is 0 Å². The van der Waals surface area contributed by atoms with Crippen LogP contribution in [0.15, 0.2) is 29.2 Å². The van der Waals surface area contributed by atoms with E-state index in [1.165, 1.54) is 18.6 Å². The molecule has 3 rings (SSSR count). The molecule has 26 heavy (non-hydrogen) atoms. The Morgan fingerprint density at radius 1 is 1.08 bits per heavy atom. The first-order valence-electron chi connectivity index (χ1n) is 9.25. The van der Waals surface area contributed by atoms with E-state index >= 15 is 0 Å². The van der Waals surface area contributed by atoms with Crippen LogP contribution in [0.4, 0.5) is 0 Å². The predicted octanol–water partition coefficient (Wildman–Crippen LogP) is 1.95. The van der Waals surface area contributed by atoms with Gasteiger partial charge >= 0.3 is 0 Å². The first kappa shape index (κ1) is 19.6. The second-order valence-electron chi connectivity index (χ2n) is 7.17. The summed E-state index contributed by atoms with van der Waals surface area (Å²) >= 11 is 0. The van der Waals surface area contributed by atoms with Gasteiger partial charge in [-0.3, -0.25) is 0 Å². The Morgan fingerprint density at radius 3 is 2.35 bits per heavy atom. The van der Waals surface area contributed by atoms with Crippen LogP contribution in [0.2, 0.25) is 0 Å². The normalized spacial score (nSPS) is 26.7. The smallest absolute Gasteiger partial charge is 0.183 e. The molecule has 0 unspecified atom stereocenters. The highest BCUT2D eigenvalue weighted by atomic mass is 32.2. The molecule has 0 spiro atoms. The van der Waals surface area contributed by atoms with Crippen molar-refractivity contribution in [3.63, 3.8) is 0 Å². The van der Waals surface area contributed by atoms with E-state index in [1.54, 1.807) is 12.1 Å². The van der Waals surface area contributed by atoms with Crippen LogP contribution in [-0.2, 0) is 19.7 Å². The molecule has 2 aliphatic rings. The molecule has 1 aliphatic carbocycles. The lowest BCUT2D eigenvalue weighted by Crippen LogP contribution is -2.48. The molecule has 1 saturated heterocycles. The average Bonchev–Trinajstić information content (AvgIpc) is 2.92. The van der Waals surface area contributed by atoms with Gasteiger partial charge in [-0.05, 0) is 44.0 Å². The van der Waals surface area contributed by atoms with Gasteiger partial charge < -0.3 is 10.1 Å². The van der Waals surface area contributed by atoms with Gasteiger partial charge in [0, 0.05) is 12.1 Å². The number of sulfone groups is 2. The van der Waals surface area contributed by atoms with Crippen LogP contribution in [0.3, 0.4) is 0 Å². The second kappa shape index (κ2) is 7.86. The van der Waals surface area contributed by atoms with Crippen molar-refractivity contribution in [2.75, 3.05) is 18.1 Å². The van der Waals surface area contributed by atoms with Crippen LogP contribution in [0, 0.1) is 0 Å². The topological polar surface area (TPSA) is 89.5 Å². The van der Waals surface area contributed by atoms with Gasteiger partial charge in [0.25, 0.3) is 0 Å². The number of nitrogens with one attached hydrogen (secondary N) is 1. The zero-order chi connectivity index (χ0) is 18.8. The van der Waals surface area contributed by atoms with Gasteiger partial charge in [0.1, 0.15) is 5.75 Å². The molecule has 146 valence electrons. The van der Waals surface area contributed by atoms with Gasteiger partial charge in [-0.2, -0.15) is 0 Å². The maximum atomic E-state index is 13.1.